The largest absolute Gasteiger partial charge is 0.356 e. The summed E-state index contributed by atoms with van der Waals surface area (Å²) in [6, 6.07) is 23.9. The van der Waals surface area contributed by atoms with Gasteiger partial charge in [-0.2, -0.15) is 5.10 Å². The Morgan fingerprint density at radius 2 is 1.50 bits per heavy atom. The number of nitrogens with zero attached hydrogens (tertiary/aromatic N) is 1. The first-order valence-electron chi connectivity index (χ1n) is 7.68. The van der Waals surface area contributed by atoms with Gasteiger partial charge in [0.15, 0.2) is 0 Å². The van der Waals surface area contributed by atoms with Gasteiger partial charge >= 0.3 is 0 Å². The number of benzene rings is 3. The Morgan fingerprint density at radius 3 is 2.21 bits per heavy atom. The molecule has 3 aromatic carbocycles. The third-order valence-corrected chi connectivity index (χ3v) is 3.96. The van der Waals surface area contributed by atoms with Crippen molar-refractivity contribution in [3.05, 3.63) is 88.9 Å². The minimum Gasteiger partial charge on any atom is -0.356 e. The lowest BCUT2D eigenvalue weighted by molar-refractivity contribution is 1.34. The third kappa shape index (κ3) is 4.37. The second-order valence-corrected chi connectivity index (χ2v) is 5.85. The van der Waals surface area contributed by atoms with E-state index < -0.39 is 0 Å². The molecule has 120 valence electrons. The van der Waals surface area contributed by atoms with Gasteiger partial charge < -0.3 is 5.32 Å². The molecular weight excluding hydrogens is 318 g/mol. The van der Waals surface area contributed by atoms with E-state index in [9.17, 15) is 0 Å². The van der Waals surface area contributed by atoms with E-state index in [4.69, 9.17) is 11.6 Å². The van der Waals surface area contributed by atoms with Crippen molar-refractivity contribution in [1.82, 2.24) is 0 Å². The highest BCUT2D eigenvalue weighted by Gasteiger charge is 1.97. The summed E-state index contributed by atoms with van der Waals surface area (Å²) in [4.78, 5) is 0. The van der Waals surface area contributed by atoms with Crippen LogP contribution >= 0.6 is 11.6 Å². The number of nitrogens with one attached hydrogen (secondary N) is 2. The Kier molecular flexibility index (Phi) is 5.14. The van der Waals surface area contributed by atoms with Gasteiger partial charge in [-0.3, -0.25) is 5.43 Å². The van der Waals surface area contributed by atoms with Gasteiger partial charge in [0.1, 0.15) is 0 Å². The van der Waals surface area contributed by atoms with Crippen molar-refractivity contribution in [1.29, 1.82) is 0 Å². The maximum atomic E-state index is 6.09. The van der Waals surface area contributed by atoms with Crippen molar-refractivity contribution >= 4 is 34.9 Å². The normalized spacial score (nSPS) is 10.8. The second-order valence-electron chi connectivity index (χ2n) is 5.45. The molecular formula is C20H18ClN3. The summed E-state index contributed by atoms with van der Waals surface area (Å²) in [6.07, 6.45) is 1.78. The number of para-hydroxylation sites is 1. The number of halogens is 1. The molecule has 3 rings (SSSR count). The molecule has 0 spiro atoms. The van der Waals surface area contributed by atoms with Crippen LogP contribution in [-0.2, 0) is 0 Å². The van der Waals surface area contributed by atoms with Crippen LogP contribution in [0.4, 0.5) is 17.1 Å². The molecule has 2 N–H and O–H groups in total. The predicted molar refractivity (Wildman–Crippen MR) is 104 cm³/mol. The van der Waals surface area contributed by atoms with Crippen LogP contribution in [-0.4, -0.2) is 6.21 Å². The van der Waals surface area contributed by atoms with Crippen molar-refractivity contribution in [3.8, 4) is 0 Å². The molecule has 3 aromatic rings. The van der Waals surface area contributed by atoms with Crippen LogP contribution in [0.25, 0.3) is 0 Å². The molecule has 0 saturated heterocycles. The van der Waals surface area contributed by atoms with Gasteiger partial charge in [-0.15, -0.1) is 0 Å². The van der Waals surface area contributed by atoms with E-state index in [2.05, 4.69) is 15.8 Å². The lowest BCUT2D eigenvalue weighted by Crippen LogP contribution is -1.92. The van der Waals surface area contributed by atoms with E-state index in [1.165, 1.54) is 0 Å². The third-order valence-electron chi connectivity index (χ3n) is 3.55. The highest BCUT2D eigenvalue weighted by atomic mass is 35.5. The SMILES string of the molecule is Cc1ccc(N/N=C\c2ccc(Nc3ccccc3)cc2)cc1Cl. The first-order chi connectivity index (χ1) is 11.7. The zero-order valence-corrected chi connectivity index (χ0v) is 14.1. The summed E-state index contributed by atoms with van der Waals surface area (Å²) in [5, 5.41) is 8.32. The van der Waals surface area contributed by atoms with E-state index in [1.54, 1.807) is 6.21 Å². The monoisotopic (exact) mass is 335 g/mol. The summed E-state index contributed by atoms with van der Waals surface area (Å²) in [5.41, 5.74) is 8.02. The number of aryl methyl sites for hydroxylation is 1. The topological polar surface area (TPSA) is 36.4 Å². The molecule has 0 heterocycles. The molecule has 24 heavy (non-hydrogen) atoms. The fourth-order valence-corrected chi connectivity index (χ4v) is 2.36. The number of rotatable bonds is 5. The molecule has 0 aliphatic carbocycles. The fourth-order valence-electron chi connectivity index (χ4n) is 2.18. The smallest absolute Gasteiger partial charge is 0.0576 e. The van der Waals surface area contributed by atoms with Gasteiger partial charge in [0.25, 0.3) is 0 Å². The average molecular weight is 336 g/mol. The minimum absolute atomic E-state index is 0.728. The molecule has 0 bridgehead atoms. The van der Waals surface area contributed by atoms with E-state index in [-0.39, 0.29) is 0 Å². The molecule has 0 aliphatic heterocycles. The number of anilines is 3. The van der Waals surface area contributed by atoms with Crippen molar-refractivity contribution in [2.24, 2.45) is 5.10 Å². The summed E-state index contributed by atoms with van der Waals surface area (Å²) in [7, 11) is 0. The van der Waals surface area contributed by atoms with E-state index >= 15 is 0 Å². The lowest BCUT2D eigenvalue weighted by Gasteiger charge is -2.06. The fraction of sp³-hybridized carbons (Fsp3) is 0.0500. The molecule has 0 saturated carbocycles. The second kappa shape index (κ2) is 7.66. The molecule has 0 radical (unpaired) electrons. The maximum Gasteiger partial charge on any atom is 0.0576 e. The molecule has 0 aromatic heterocycles. The van der Waals surface area contributed by atoms with Gasteiger partial charge in [0.2, 0.25) is 0 Å². The molecule has 0 fully saturated rings. The average Bonchev–Trinajstić information content (AvgIpc) is 2.60. The zero-order valence-electron chi connectivity index (χ0n) is 13.3. The Hall–Kier alpha value is -2.78. The summed E-state index contributed by atoms with van der Waals surface area (Å²) in [6.45, 7) is 1.97. The maximum absolute atomic E-state index is 6.09. The molecule has 0 aliphatic rings. The van der Waals surface area contributed by atoms with Crippen LogP contribution in [0.5, 0.6) is 0 Å². The van der Waals surface area contributed by atoms with Gasteiger partial charge in [-0.05, 0) is 54.4 Å². The molecule has 0 amide bonds. The van der Waals surface area contributed by atoms with Crippen molar-refractivity contribution in [2.75, 3.05) is 10.7 Å². The zero-order chi connectivity index (χ0) is 16.8. The van der Waals surface area contributed by atoms with Gasteiger partial charge in [0, 0.05) is 16.4 Å². The van der Waals surface area contributed by atoms with E-state index in [0.29, 0.717) is 0 Å². The molecule has 0 atom stereocenters. The number of hydrogen-bond acceptors (Lipinski definition) is 3. The van der Waals surface area contributed by atoms with Gasteiger partial charge in [0.05, 0.1) is 11.9 Å². The van der Waals surface area contributed by atoms with Crippen molar-refractivity contribution in [2.45, 2.75) is 6.92 Å². The summed E-state index contributed by atoms with van der Waals surface area (Å²) < 4.78 is 0. The van der Waals surface area contributed by atoms with Crippen LogP contribution in [0.1, 0.15) is 11.1 Å². The van der Waals surface area contributed by atoms with Crippen molar-refractivity contribution < 1.29 is 0 Å². The van der Waals surface area contributed by atoms with Crippen LogP contribution < -0.4 is 10.7 Å². The van der Waals surface area contributed by atoms with Crippen LogP contribution in [0.3, 0.4) is 0 Å². The summed E-state index contributed by atoms with van der Waals surface area (Å²) >= 11 is 6.09. The van der Waals surface area contributed by atoms with Gasteiger partial charge in [-0.25, -0.2) is 0 Å². The highest BCUT2D eigenvalue weighted by Crippen LogP contribution is 2.20. The van der Waals surface area contributed by atoms with Gasteiger partial charge in [-0.1, -0.05) is 48.0 Å². The number of hydrazone groups is 1. The van der Waals surface area contributed by atoms with Crippen molar-refractivity contribution in [3.63, 3.8) is 0 Å². The summed E-state index contributed by atoms with van der Waals surface area (Å²) in [5.74, 6) is 0. The molecule has 3 nitrogen and oxygen atoms in total. The first kappa shape index (κ1) is 16.1. The Labute approximate surface area is 147 Å². The van der Waals surface area contributed by atoms with Crippen LogP contribution in [0, 0.1) is 6.92 Å². The predicted octanol–water partition coefficient (Wildman–Crippen LogP) is 5.84. The highest BCUT2D eigenvalue weighted by molar-refractivity contribution is 6.31. The standard InChI is InChI=1S/C20H18ClN3/c1-15-7-10-19(13-20(15)21)24-22-14-16-8-11-18(12-9-16)23-17-5-3-2-4-6-17/h2-14,23-24H,1H3/b22-14-. The Balaban J connectivity index is 1.60. The lowest BCUT2D eigenvalue weighted by atomic mass is 10.2. The van der Waals surface area contributed by atoms with E-state index in [0.717, 1.165) is 33.2 Å². The number of hydrogen-bond donors (Lipinski definition) is 2. The Bertz CT molecular complexity index is 827. The quantitative estimate of drug-likeness (QED) is 0.454. The minimum atomic E-state index is 0.728. The van der Waals surface area contributed by atoms with E-state index in [1.807, 2.05) is 79.7 Å². The molecule has 0 unspecified atom stereocenters. The van der Waals surface area contributed by atoms with Crippen LogP contribution in [0.15, 0.2) is 77.9 Å². The van der Waals surface area contributed by atoms with Crippen LogP contribution in [0.2, 0.25) is 5.02 Å². The molecule has 4 heteroatoms. The first-order valence-corrected chi connectivity index (χ1v) is 8.06. The Morgan fingerprint density at radius 1 is 0.833 bits per heavy atom.